The van der Waals surface area contributed by atoms with Gasteiger partial charge in [-0.1, -0.05) is 24.3 Å². The van der Waals surface area contributed by atoms with E-state index in [2.05, 4.69) is 38.4 Å². The highest BCUT2D eigenvalue weighted by Gasteiger charge is 2.04. The second kappa shape index (κ2) is 5.79. The lowest BCUT2D eigenvalue weighted by atomic mass is 10.2. The molecule has 1 aromatic carbocycles. The van der Waals surface area contributed by atoms with Crippen molar-refractivity contribution in [2.24, 2.45) is 0 Å². The summed E-state index contributed by atoms with van der Waals surface area (Å²) in [6.45, 7) is 0.678. The average Bonchev–Trinajstić information content (AvgIpc) is 2.53. The SMILES string of the molecule is CN(C)c1ccncc1NCc1ccc2ccccc2n1. The van der Waals surface area contributed by atoms with E-state index < -0.39 is 0 Å². The molecule has 0 fully saturated rings. The zero-order valence-electron chi connectivity index (χ0n) is 12.2. The Kier molecular flexibility index (Phi) is 3.69. The Morgan fingerprint density at radius 2 is 1.90 bits per heavy atom. The van der Waals surface area contributed by atoms with Crippen LogP contribution in [0.5, 0.6) is 0 Å². The van der Waals surface area contributed by atoms with Gasteiger partial charge in [-0.15, -0.1) is 0 Å². The van der Waals surface area contributed by atoms with Gasteiger partial charge in [0, 0.05) is 25.7 Å². The highest BCUT2D eigenvalue weighted by Crippen LogP contribution is 2.22. The third-order valence-electron chi connectivity index (χ3n) is 3.40. The number of nitrogens with one attached hydrogen (secondary N) is 1. The molecule has 0 aliphatic carbocycles. The molecule has 3 aromatic rings. The van der Waals surface area contributed by atoms with Crippen LogP contribution in [-0.4, -0.2) is 24.1 Å². The van der Waals surface area contributed by atoms with E-state index in [9.17, 15) is 0 Å². The normalized spacial score (nSPS) is 10.6. The van der Waals surface area contributed by atoms with Crippen LogP contribution in [0, 0.1) is 0 Å². The van der Waals surface area contributed by atoms with Gasteiger partial charge in [-0.3, -0.25) is 9.97 Å². The lowest BCUT2D eigenvalue weighted by Crippen LogP contribution is -2.12. The molecular weight excluding hydrogens is 260 g/mol. The molecule has 0 saturated heterocycles. The van der Waals surface area contributed by atoms with Gasteiger partial charge < -0.3 is 10.2 Å². The number of nitrogens with zero attached hydrogens (tertiary/aromatic N) is 3. The Hall–Kier alpha value is -2.62. The topological polar surface area (TPSA) is 41.1 Å². The summed E-state index contributed by atoms with van der Waals surface area (Å²) in [5.41, 5.74) is 4.17. The molecule has 4 nitrogen and oxygen atoms in total. The Morgan fingerprint density at radius 1 is 1.05 bits per heavy atom. The Balaban J connectivity index is 1.80. The van der Waals surface area contributed by atoms with E-state index in [1.807, 2.05) is 44.6 Å². The molecular formula is C17H18N4. The molecule has 0 aliphatic rings. The van der Waals surface area contributed by atoms with E-state index in [1.54, 1.807) is 6.20 Å². The molecule has 0 atom stereocenters. The minimum atomic E-state index is 0.678. The summed E-state index contributed by atoms with van der Waals surface area (Å²) >= 11 is 0. The Labute approximate surface area is 124 Å². The van der Waals surface area contributed by atoms with Gasteiger partial charge in [-0.05, 0) is 18.2 Å². The molecule has 106 valence electrons. The maximum atomic E-state index is 4.67. The fourth-order valence-corrected chi connectivity index (χ4v) is 2.31. The van der Waals surface area contributed by atoms with Gasteiger partial charge in [0.25, 0.3) is 0 Å². The second-order valence-electron chi connectivity index (χ2n) is 5.14. The van der Waals surface area contributed by atoms with Crippen molar-refractivity contribution >= 4 is 22.3 Å². The van der Waals surface area contributed by atoms with Crippen LogP contribution in [0.3, 0.4) is 0 Å². The monoisotopic (exact) mass is 278 g/mol. The van der Waals surface area contributed by atoms with E-state index in [4.69, 9.17) is 0 Å². The minimum Gasteiger partial charge on any atom is -0.376 e. The van der Waals surface area contributed by atoms with E-state index in [0.29, 0.717) is 6.54 Å². The smallest absolute Gasteiger partial charge is 0.0767 e. The molecule has 0 radical (unpaired) electrons. The molecule has 2 heterocycles. The standard InChI is InChI=1S/C17H18N4/c1-21(2)17-9-10-18-12-16(17)19-11-14-8-7-13-5-3-4-6-15(13)20-14/h3-10,12,19H,11H2,1-2H3. The van der Waals surface area contributed by atoms with Crippen molar-refractivity contribution in [3.8, 4) is 0 Å². The first-order valence-corrected chi connectivity index (χ1v) is 6.94. The number of benzene rings is 1. The van der Waals surface area contributed by atoms with Crippen LogP contribution in [0.15, 0.2) is 54.9 Å². The van der Waals surface area contributed by atoms with Crippen LogP contribution in [0.1, 0.15) is 5.69 Å². The minimum absolute atomic E-state index is 0.678. The van der Waals surface area contributed by atoms with Gasteiger partial charge in [-0.2, -0.15) is 0 Å². The third-order valence-corrected chi connectivity index (χ3v) is 3.40. The Morgan fingerprint density at radius 3 is 2.76 bits per heavy atom. The fraction of sp³-hybridized carbons (Fsp3) is 0.176. The number of fused-ring (bicyclic) bond motifs is 1. The van der Waals surface area contributed by atoms with E-state index >= 15 is 0 Å². The maximum absolute atomic E-state index is 4.67. The highest BCUT2D eigenvalue weighted by molar-refractivity contribution is 5.78. The highest BCUT2D eigenvalue weighted by atomic mass is 15.1. The second-order valence-corrected chi connectivity index (χ2v) is 5.14. The lowest BCUT2D eigenvalue weighted by Gasteiger charge is -2.17. The van der Waals surface area contributed by atoms with Crippen LogP contribution in [-0.2, 0) is 6.54 Å². The number of pyridine rings is 2. The first-order valence-electron chi connectivity index (χ1n) is 6.94. The molecule has 3 rings (SSSR count). The van der Waals surface area contributed by atoms with Gasteiger partial charge in [0.1, 0.15) is 0 Å². The molecule has 4 heteroatoms. The maximum Gasteiger partial charge on any atom is 0.0767 e. The van der Waals surface area contributed by atoms with Crippen molar-refractivity contribution in [1.82, 2.24) is 9.97 Å². The number of anilines is 2. The quantitative estimate of drug-likeness (QED) is 0.795. The van der Waals surface area contributed by atoms with Gasteiger partial charge >= 0.3 is 0 Å². The Bertz CT molecular complexity index is 752. The van der Waals surface area contributed by atoms with Crippen molar-refractivity contribution < 1.29 is 0 Å². The summed E-state index contributed by atoms with van der Waals surface area (Å²) < 4.78 is 0. The summed E-state index contributed by atoms with van der Waals surface area (Å²) in [5, 5.41) is 4.57. The molecule has 0 spiro atoms. The van der Waals surface area contributed by atoms with Crippen molar-refractivity contribution in [2.75, 3.05) is 24.3 Å². The summed E-state index contributed by atoms with van der Waals surface area (Å²) in [6.07, 6.45) is 3.64. The van der Waals surface area contributed by atoms with Crippen LogP contribution in [0.25, 0.3) is 10.9 Å². The molecule has 0 aliphatic heterocycles. The van der Waals surface area contributed by atoms with Crippen LogP contribution in [0.4, 0.5) is 11.4 Å². The molecule has 0 amide bonds. The van der Waals surface area contributed by atoms with Crippen molar-refractivity contribution in [1.29, 1.82) is 0 Å². The first kappa shape index (κ1) is 13.4. The zero-order chi connectivity index (χ0) is 14.7. The predicted molar refractivity (Wildman–Crippen MR) is 87.6 cm³/mol. The number of aromatic nitrogens is 2. The van der Waals surface area contributed by atoms with Gasteiger partial charge in [-0.25, -0.2) is 0 Å². The first-order chi connectivity index (χ1) is 10.2. The molecule has 0 saturated carbocycles. The van der Waals surface area contributed by atoms with Gasteiger partial charge in [0.15, 0.2) is 0 Å². The van der Waals surface area contributed by atoms with E-state index in [0.717, 1.165) is 28.0 Å². The van der Waals surface area contributed by atoms with Crippen LogP contribution < -0.4 is 10.2 Å². The predicted octanol–water partition coefficient (Wildman–Crippen LogP) is 3.31. The number of hydrogen-bond donors (Lipinski definition) is 1. The third kappa shape index (κ3) is 2.94. The summed E-state index contributed by atoms with van der Waals surface area (Å²) in [5.74, 6) is 0. The number of rotatable bonds is 4. The van der Waals surface area contributed by atoms with Crippen LogP contribution in [0.2, 0.25) is 0 Å². The molecule has 21 heavy (non-hydrogen) atoms. The molecule has 1 N–H and O–H groups in total. The summed E-state index contributed by atoms with van der Waals surface area (Å²) in [7, 11) is 4.05. The molecule has 2 aromatic heterocycles. The lowest BCUT2D eigenvalue weighted by molar-refractivity contribution is 1.05. The number of hydrogen-bond acceptors (Lipinski definition) is 4. The molecule has 0 unspecified atom stereocenters. The van der Waals surface area contributed by atoms with Crippen LogP contribution >= 0.6 is 0 Å². The van der Waals surface area contributed by atoms with Gasteiger partial charge in [0.2, 0.25) is 0 Å². The van der Waals surface area contributed by atoms with E-state index in [-0.39, 0.29) is 0 Å². The van der Waals surface area contributed by atoms with E-state index in [1.165, 1.54) is 0 Å². The summed E-state index contributed by atoms with van der Waals surface area (Å²) in [6, 6.07) is 14.3. The van der Waals surface area contributed by atoms with Crippen molar-refractivity contribution in [2.45, 2.75) is 6.54 Å². The largest absolute Gasteiger partial charge is 0.376 e. The fourth-order valence-electron chi connectivity index (χ4n) is 2.31. The average molecular weight is 278 g/mol. The van der Waals surface area contributed by atoms with Crippen molar-refractivity contribution in [3.63, 3.8) is 0 Å². The molecule has 0 bridgehead atoms. The number of para-hydroxylation sites is 1. The summed E-state index contributed by atoms with van der Waals surface area (Å²) in [4.78, 5) is 10.9. The van der Waals surface area contributed by atoms with Gasteiger partial charge in [0.05, 0.1) is 35.3 Å². The zero-order valence-corrected chi connectivity index (χ0v) is 12.2. The van der Waals surface area contributed by atoms with Crippen molar-refractivity contribution in [3.05, 3.63) is 60.6 Å².